The van der Waals surface area contributed by atoms with Gasteiger partial charge in [0, 0.05) is 25.4 Å². The van der Waals surface area contributed by atoms with Crippen molar-refractivity contribution < 1.29 is 4.79 Å². The highest BCUT2D eigenvalue weighted by Crippen LogP contribution is 2.20. The van der Waals surface area contributed by atoms with Gasteiger partial charge in [-0.25, -0.2) is 15.0 Å². The van der Waals surface area contributed by atoms with Crippen LogP contribution in [0.1, 0.15) is 16.3 Å². The SMILES string of the molecule is Nc1nccnc1C(=O)NCCc1nc2cccc(Cl)c2c(=O)n1-c1ccccc1. The Morgan fingerprint density at radius 2 is 1.83 bits per heavy atom. The minimum atomic E-state index is -0.446. The second-order valence-electron chi connectivity index (χ2n) is 6.43. The molecule has 0 saturated carbocycles. The van der Waals surface area contributed by atoms with Crippen molar-refractivity contribution in [2.24, 2.45) is 0 Å². The maximum absolute atomic E-state index is 13.3. The molecule has 0 aliphatic rings. The molecule has 0 bridgehead atoms. The van der Waals surface area contributed by atoms with Gasteiger partial charge in [0.2, 0.25) is 0 Å². The summed E-state index contributed by atoms with van der Waals surface area (Å²) >= 11 is 6.27. The highest BCUT2D eigenvalue weighted by molar-refractivity contribution is 6.35. The van der Waals surface area contributed by atoms with E-state index < -0.39 is 5.91 Å². The number of carbonyl (C=O) groups excluding carboxylic acids is 1. The summed E-state index contributed by atoms with van der Waals surface area (Å²) in [5.74, 6) is 0.0982. The number of hydrogen-bond donors (Lipinski definition) is 2. The molecule has 8 nitrogen and oxygen atoms in total. The summed E-state index contributed by atoms with van der Waals surface area (Å²) in [6.45, 7) is 0.222. The number of carbonyl (C=O) groups is 1. The zero-order chi connectivity index (χ0) is 21.1. The lowest BCUT2D eigenvalue weighted by molar-refractivity contribution is 0.0949. The van der Waals surface area contributed by atoms with E-state index in [2.05, 4.69) is 20.3 Å². The number of fused-ring (bicyclic) bond motifs is 1. The quantitative estimate of drug-likeness (QED) is 0.512. The van der Waals surface area contributed by atoms with E-state index >= 15 is 0 Å². The zero-order valence-electron chi connectivity index (χ0n) is 15.7. The van der Waals surface area contributed by atoms with Crippen LogP contribution >= 0.6 is 11.6 Å². The lowest BCUT2D eigenvalue weighted by atomic mass is 10.2. The number of anilines is 1. The molecule has 0 aliphatic heterocycles. The van der Waals surface area contributed by atoms with E-state index in [1.165, 1.54) is 17.0 Å². The molecule has 0 spiro atoms. The van der Waals surface area contributed by atoms with Gasteiger partial charge in [-0.15, -0.1) is 0 Å². The fourth-order valence-electron chi connectivity index (χ4n) is 3.14. The van der Waals surface area contributed by atoms with Gasteiger partial charge in [-0.05, 0) is 24.3 Å². The predicted molar refractivity (Wildman–Crippen MR) is 115 cm³/mol. The number of benzene rings is 2. The summed E-state index contributed by atoms with van der Waals surface area (Å²) in [5.41, 5.74) is 6.64. The first kappa shape index (κ1) is 19.5. The van der Waals surface area contributed by atoms with Crippen molar-refractivity contribution in [3.63, 3.8) is 0 Å². The van der Waals surface area contributed by atoms with Crippen LogP contribution in [0.15, 0.2) is 65.7 Å². The maximum atomic E-state index is 13.3. The van der Waals surface area contributed by atoms with Crippen molar-refractivity contribution in [1.29, 1.82) is 0 Å². The molecule has 0 unspecified atom stereocenters. The third-order valence-corrected chi connectivity index (χ3v) is 4.82. The highest BCUT2D eigenvalue weighted by atomic mass is 35.5. The van der Waals surface area contributed by atoms with Gasteiger partial charge in [-0.1, -0.05) is 35.9 Å². The molecule has 0 saturated heterocycles. The van der Waals surface area contributed by atoms with Crippen LogP contribution in [0.2, 0.25) is 5.02 Å². The summed E-state index contributed by atoms with van der Waals surface area (Å²) < 4.78 is 1.51. The standard InChI is InChI=1S/C21H17ClN6O2/c22-14-7-4-8-15-17(14)21(30)28(13-5-2-1-3-6-13)16(27-15)9-10-26-20(29)18-19(23)25-12-11-24-18/h1-8,11-12H,9-10H2,(H2,23,25)(H,26,29). The average molecular weight is 421 g/mol. The molecule has 150 valence electrons. The predicted octanol–water partition coefficient (Wildman–Crippen LogP) is 2.38. The highest BCUT2D eigenvalue weighted by Gasteiger charge is 2.16. The zero-order valence-corrected chi connectivity index (χ0v) is 16.5. The largest absolute Gasteiger partial charge is 0.382 e. The summed E-state index contributed by atoms with van der Waals surface area (Å²) in [4.78, 5) is 38.0. The summed E-state index contributed by atoms with van der Waals surface area (Å²) in [6, 6.07) is 14.3. The van der Waals surface area contributed by atoms with Gasteiger partial charge in [-0.3, -0.25) is 14.2 Å². The van der Waals surface area contributed by atoms with Crippen molar-refractivity contribution in [1.82, 2.24) is 24.8 Å². The normalized spacial score (nSPS) is 10.8. The molecule has 2 aromatic heterocycles. The molecular weight excluding hydrogens is 404 g/mol. The number of halogens is 1. The van der Waals surface area contributed by atoms with Crippen LogP contribution in [0, 0.1) is 0 Å². The van der Waals surface area contributed by atoms with Crippen LogP contribution in [0.3, 0.4) is 0 Å². The number of para-hydroxylation sites is 1. The third-order valence-electron chi connectivity index (χ3n) is 4.51. The van der Waals surface area contributed by atoms with Crippen LogP contribution in [0.5, 0.6) is 0 Å². The van der Waals surface area contributed by atoms with Crippen LogP contribution in [-0.4, -0.2) is 32.0 Å². The monoisotopic (exact) mass is 420 g/mol. The Kier molecular flexibility index (Phi) is 5.40. The number of nitrogens with one attached hydrogen (secondary N) is 1. The van der Waals surface area contributed by atoms with Crippen LogP contribution in [0.4, 0.5) is 5.82 Å². The van der Waals surface area contributed by atoms with E-state index in [4.69, 9.17) is 17.3 Å². The Bertz CT molecular complexity index is 1290. The van der Waals surface area contributed by atoms with E-state index in [1.807, 2.05) is 30.3 Å². The summed E-state index contributed by atoms with van der Waals surface area (Å²) in [6.07, 6.45) is 3.11. The van der Waals surface area contributed by atoms with E-state index in [0.717, 1.165) is 0 Å². The molecule has 3 N–H and O–H groups in total. The molecule has 2 aromatic carbocycles. The van der Waals surface area contributed by atoms with Crippen molar-refractivity contribution >= 4 is 34.2 Å². The molecule has 4 aromatic rings. The number of rotatable bonds is 5. The maximum Gasteiger partial charge on any atom is 0.273 e. The van der Waals surface area contributed by atoms with Gasteiger partial charge in [0.15, 0.2) is 11.5 Å². The number of nitrogens with zero attached hydrogens (tertiary/aromatic N) is 4. The Morgan fingerprint density at radius 3 is 2.60 bits per heavy atom. The molecule has 0 fully saturated rings. The molecule has 30 heavy (non-hydrogen) atoms. The Morgan fingerprint density at radius 1 is 1.07 bits per heavy atom. The smallest absolute Gasteiger partial charge is 0.273 e. The van der Waals surface area contributed by atoms with E-state index in [1.54, 1.807) is 18.2 Å². The van der Waals surface area contributed by atoms with E-state index in [0.29, 0.717) is 33.9 Å². The van der Waals surface area contributed by atoms with Crippen LogP contribution in [-0.2, 0) is 6.42 Å². The Balaban J connectivity index is 1.69. The van der Waals surface area contributed by atoms with E-state index in [9.17, 15) is 9.59 Å². The summed E-state index contributed by atoms with van der Waals surface area (Å²) in [5, 5.41) is 3.43. The topological polar surface area (TPSA) is 116 Å². The van der Waals surface area contributed by atoms with E-state index in [-0.39, 0.29) is 23.6 Å². The average Bonchev–Trinajstić information content (AvgIpc) is 2.74. The first-order chi connectivity index (χ1) is 14.6. The van der Waals surface area contributed by atoms with Crippen molar-refractivity contribution in [2.75, 3.05) is 12.3 Å². The molecule has 0 radical (unpaired) electrons. The molecule has 1 amide bonds. The first-order valence-corrected chi connectivity index (χ1v) is 9.54. The van der Waals surface area contributed by atoms with Gasteiger partial charge in [0.05, 0.1) is 21.6 Å². The fraction of sp³-hybridized carbons (Fsp3) is 0.0952. The molecule has 0 aliphatic carbocycles. The first-order valence-electron chi connectivity index (χ1n) is 9.16. The lowest BCUT2D eigenvalue weighted by Crippen LogP contribution is -2.30. The Labute approximate surface area is 176 Å². The van der Waals surface area contributed by atoms with Crippen molar-refractivity contribution in [3.05, 3.63) is 87.8 Å². The summed E-state index contributed by atoms with van der Waals surface area (Å²) in [7, 11) is 0. The number of nitrogen functional groups attached to an aromatic ring is 1. The molecule has 2 heterocycles. The lowest BCUT2D eigenvalue weighted by Gasteiger charge is -2.14. The minimum Gasteiger partial charge on any atom is -0.382 e. The van der Waals surface area contributed by atoms with Crippen molar-refractivity contribution in [3.8, 4) is 5.69 Å². The molecule has 4 rings (SSSR count). The molecule has 0 atom stereocenters. The number of aromatic nitrogens is 4. The molecular formula is C21H17ClN6O2. The number of nitrogens with two attached hydrogens (primary N) is 1. The number of hydrogen-bond acceptors (Lipinski definition) is 6. The fourth-order valence-corrected chi connectivity index (χ4v) is 3.39. The van der Waals surface area contributed by atoms with Gasteiger partial charge < -0.3 is 11.1 Å². The number of amides is 1. The second-order valence-corrected chi connectivity index (χ2v) is 6.84. The van der Waals surface area contributed by atoms with Gasteiger partial charge >= 0.3 is 0 Å². The second kappa shape index (κ2) is 8.30. The van der Waals surface area contributed by atoms with Gasteiger partial charge in [-0.2, -0.15) is 0 Å². The van der Waals surface area contributed by atoms with Crippen LogP contribution < -0.4 is 16.6 Å². The Hall–Kier alpha value is -3.78. The third kappa shape index (κ3) is 3.72. The minimum absolute atomic E-state index is 0.0506. The molecule has 9 heteroatoms. The van der Waals surface area contributed by atoms with Crippen molar-refractivity contribution in [2.45, 2.75) is 6.42 Å². The van der Waals surface area contributed by atoms with Gasteiger partial charge in [0.1, 0.15) is 5.82 Å². The van der Waals surface area contributed by atoms with Gasteiger partial charge in [0.25, 0.3) is 11.5 Å². The van der Waals surface area contributed by atoms with Crippen LogP contribution in [0.25, 0.3) is 16.6 Å².